The number of piperidine rings is 1. The van der Waals surface area contributed by atoms with Crippen LogP contribution in [0.5, 0.6) is 5.75 Å². The maximum Gasteiger partial charge on any atom is 0.260 e. The second-order valence-corrected chi connectivity index (χ2v) is 9.65. The quantitative estimate of drug-likeness (QED) is 0.639. The Morgan fingerprint density at radius 1 is 0.800 bits per heavy atom. The van der Waals surface area contributed by atoms with Gasteiger partial charge in [-0.1, -0.05) is 44.2 Å². The van der Waals surface area contributed by atoms with Crippen LogP contribution >= 0.6 is 0 Å². The van der Waals surface area contributed by atoms with Gasteiger partial charge in [-0.05, 0) is 48.6 Å². The summed E-state index contributed by atoms with van der Waals surface area (Å²) in [6.45, 7) is 7.62. The maximum absolute atomic E-state index is 13.1. The van der Waals surface area contributed by atoms with Crippen molar-refractivity contribution in [2.75, 3.05) is 45.9 Å². The van der Waals surface area contributed by atoms with Gasteiger partial charge in [0.05, 0.1) is 0 Å². The monoisotopic (exact) mass is 477 g/mol. The minimum Gasteiger partial charge on any atom is -0.484 e. The highest BCUT2D eigenvalue weighted by Gasteiger charge is 2.32. The van der Waals surface area contributed by atoms with E-state index in [1.54, 1.807) is 4.90 Å². The Kier molecular flexibility index (Phi) is 8.06. The molecule has 0 spiro atoms. The lowest BCUT2D eigenvalue weighted by molar-refractivity contribution is -0.142. The second kappa shape index (κ2) is 11.4. The van der Waals surface area contributed by atoms with Gasteiger partial charge < -0.3 is 19.4 Å². The van der Waals surface area contributed by atoms with Crippen LogP contribution in [0.4, 0.5) is 0 Å². The largest absolute Gasteiger partial charge is 0.484 e. The highest BCUT2D eigenvalue weighted by Crippen LogP contribution is 2.22. The minimum atomic E-state index is -0.0695. The predicted molar refractivity (Wildman–Crippen MR) is 134 cm³/mol. The number of para-hydroxylation sites is 1. The number of hydrogen-bond donors (Lipinski definition) is 0. The SMILES string of the molecule is CC(C)c1ccc(C(=O)N2CCN(C(=O)C3CCN(C(=O)COc4ccccc4)CC3)CC2)cc1. The van der Waals surface area contributed by atoms with Crippen molar-refractivity contribution >= 4 is 17.7 Å². The van der Waals surface area contributed by atoms with Crippen LogP contribution in [0.15, 0.2) is 54.6 Å². The van der Waals surface area contributed by atoms with Crippen LogP contribution in [0.1, 0.15) is 48.5 Å². The maximum atomic E-state index is 13.1. The molecule has 0 bridgehead atoms. The first-order chi connectivity index (χ1) is 16.9. The van der Waals surface area contributed by atoms with Gasteiger partial charge in [0.15, 0.2) is 6.61 Å². The number of rotatable bonds is 6. The van der Waals surface area contributed by atoms with Gasteiger partial charge in [-0.3, -0.25) is 14.4 Å². The Morgan fingerprint density at radius 2 is 1.40 bits per heavy atom. The van der Waals surface area contributed by atoms with E-state index in [2.05, 4.69) is 13.8 Å². The van der Waals surface area contributed by atoms with Crippen molar-refractivity contribution in [3.05, 3.63) is 65.7 Å². The van der Waals surface area contributed by atoms with Gasteiger partial charge in [-0.15, -0.1) is 0 Å². The van der Waals surface area contributed by atoms with Gasteiger partial charge in [0.2, 0.25) is 5.91 Å². The molecule has 3 amide bonds. The van der Waals surface area contributed by atoms with E-state index in [-0.39, 0.29) is 30.2 Å². The molecule has 35 heavy (non-hydrogen) atoms. The van der Waals surface area contributed by atoms with Crippen molar-refractivity contribution in [2.45, 2.75) is 32.6 Å². The van der Waals surface area contributed by atoms with Crippen LogP contribution in [0.25, 0.3) is 0 Å². The summed E-state index contributed by atoms with van der Waals surface area (Å²) in [5, 5.41) is 0. The molecule has 2 saturated heterocycles. The number of likely N-dealkylation sites (tertiary alicyclic amines) is 1. The van der Waals surface area contributed by atoms with Crippen molar-refractivity contribution in [1.82, 2.24) is 14.7 Å². The fraction of sp³-hybridized carbons (Fsp3) is 0.464. The third-order valence-electron chi connectivity index (χ3n) is 7.01. The summed E-state index contributed by atoms with van der Waals surface area (Å²) in [7, 11) is 0. The van der Waals surface area contributed by atoms with Crippen molar-refractivity contribution in [2.24, 2.45) is 5.92 Å². The average Bonchev–Trinajstić information content (AvgIpc) is 2.91. The summed E-state index contributed by atoms with van der Waals surface area (Å²) in [4.78, 5) is 43.9. The number of ether oxygens (including phenoxy) is 1. The van der Waals surface area contributed by atoms with Crippen molar-refractivity contribution in [1.29, 1.82) is 0 Å². The number of piperazine rings is 1. The average molecular weight is 478 g/mol. The summed E-state index contributed by atoms with van der Waals surface area (Å²) in [6, 6.07) is 17.1. The predicted octanol–water partition coefficient (Wildman–Crippen LogP) is 3.41. The van der Waals surface area contributed by atoms with Gasteiger partial charge in [0.1, 0.15) is 5.75 Å². The molecule has 0 atom stereocenters. The van der Waals surface area contributed by atoms with Gasteiger partial charge in [0, 0.05) is 50.7 Å². The summed E-state index contributed by atoms with van der Waals surface area (Å²) < 4.78 is 5.57. The standard InChI is InChI=1S/C28H35N3O4/c1-21(2)22-8-10-23(11-9-22)27(33)30-16-18-31(19-17-30)28(34)24-12-14-29(15-13-24)26(32)20-35-25-6-4-3-5-7-25/h3-11,21,24H,12-20H2,1-2H3. The zero-order chi connectivity index (χ0) is 24.8. The number of benzene rings is 2. The number of hydrogen-bond acceptors (Lipinski definition) is 4. The first-order valence-electron chi connectivity index (χ1n) is 12.6. The van der Waals surface area contributed by atoms with E-state index in [0.717, 1.165) is 0 Å². The fourth-order valence-corrected chi connectivity index (χ4v) is 4.71. The molecule has 2 heterocycles. The van der Waals surface area contributed by atoms with E-state index < -0.39 is 0 Å². The molecule has 0 N–H and O–H groups in total. The molecule has 0 radical (unpaired) electrons. The van der Waals surface area contributed by atoms with E-state index in [4.69, 9.17) is 4.74 Å². The molecule has 2 aromatic carbocycles. The second-order valence-electron chi connectivity index (χ2n) is 9.65. The van der Waals surface area contributed by atoms with Crippen molar-refractivity contribution < 1.29 is 19.1 Å². The molecule has 0 unspecified atom stereocenters. The lowest BCUT2D eigenvalue weighted by Crippen LogP contribution is -2.53. The normalized spacial score (nSPS) is 16.9. The molecule has 2 fully saturated rings. The number of nitrogens with zero attached hydrogens (tertiary/aromatic N) is 3. The van der Waals surface area contributed by atoms with E-state index in [1.807, 2.05) is 64.4 Å². The number of carbonyl (C=O) groups is 3. The van der Waals surface area contributed by atoms with Crippen LogP contribution in [0, 0.1) is 5.92 Å². The molecule has 7 heteroatoms. The molecule has 186 valence electrons. The molecule has 2 aliphatic heterocycles. The van der Waals surface area contributed by atoms with E-state index in [0.29, 0.717) is 69.3 Å². The van der Waals surface area contributed by atoms with Crippen LogP contribution in [-0.4, -0.2) is 78.3 Å². The summed E-state index contributed by atoms with van der Waals surface area (Å²) in [5.41, 5.74) is 1.91. The Morgan fingerprint density at radius 3 is 2.00 bits per heavy atom. The van der Waals surface area contributed by atoms with Crippen molar-refractivity contribution in [3.8, 4) is 5.75 Å². The first-order valence-corrected chi connectivity index (χ1v) is 12.6. The number of amides is 3. The van der Waals surface area contributed by atoms with Crippen LogP contribution in [0.2, 0.25) is 0 Å². The molecule has 4 rings (SSSR count). The van der Waals surface area contributed by atoms with Crippen molar-refractivity contribution in [3.63, 3.8) is 0 Å². The smallest absolute Gasteiger partial charge is 0.260 e. The first kappa shape index (κ1) is 24.8. The highest BCUT2D eigenvalue weighted by atomic mass is 16.5. The molecule has 2 aliphatic rings. The number of carbonyl (C=O) groups excluding carboxylic acids is 3. The molecule has 0 aromatic heterocycles. The van der Waals surface area contributed by atoms with Crippen LogP contribution in [0.3, 0.4) is 0 Å². The van der Waals surface area contributed by atoms with Crippen LogP contribution < -0.4 is 4.74 Å². The summed E-state index contributed by atoms with van der Waals surface area (Å²) >= 11 is 0. The third-order valence-corrected chi connectivity index (χ3v) is 7.01. The highest BCUT2D eigenvalue weighted by molar-refractivity contribution is 5.94. The van der Waals surface area contributed by atoms with Gasteiger partial charge in [-0.25, -0.2) is 0 Å². The lowest BCUT2D eigenvalue weighted by Gasteiger charge is -2.38. The Bertz CT molecular complexity index is 1010. The Balaban J connectivity index is 1.20. The van der Waals surface area contributed by atoms with Gasteiger partial charge >= 0.3 is 0 Å². The zero-order valence-corrected chi connectivity index (χ0v) is 20.7. The molecule has 2 aromatic rings. The van der Waals surface area contributed by atoms with E-state index in [1.165, 1.54) is 5.56 Å². The fourth-order valence-electron chi connectivity index (χ4n) is 4.71. The van der Waals surface area contributed by atoms with Crippen LogP contribution in [-0.2, 0) is 9.59 Å². The lowest BCUT2D eigenvalue weighted by atomic mass is 9.95. The third kappa shape index (κ3) is 6.21. The summed E-state index contributed by atoms with van der Waals surface area (Å²) in [6.07, 6.45) is 1.33. The van der Waals surface area contributed by atoms with Gasteiger partial charge in [-0.2, -0.15) is 0 Å². The topological polar surface area (TPSA) is 70.2 Å². The molecular formula is C28H35N3O4. The Labute approximate surface area is 207 Å². The minimum absolute atomic E-state index is 0.0127. The zero-order valence-electron chi connectivity index (χ0n) is 20.7. The Hall–Kier alpha value is -3.35. The van der Waals surface area contributed by atoms with E-state index in [9.17, 15) is 14.4 Å². The summed E-state index contributed by atoms with van der Waals surface area (Å²) in [5.74, 6) is 1.16. The molecule has 0 aliphatic carbocycles. The molecule has 7 nitrogen and oxygen atoms in total. The molecular weight excluding hydrogens is 442 g/mol. The van der Waals surface area contributed by atoms with E-state index >= 15 is 0 Å². The van der Waals surface area contributed by atoms with Gasteiger partial charge in [0.25, 0.3) is 11.8 Å². The molecule has 0 saturated carbocycles.